The van der Waals surface area contributed by atoms with Crippen LogP contribution >= 0.6 is 11.3 Å². The molecule has 1 amide bonds. The Hall–Kier alpha value is -2.28. The lowest BCUT2D eigenvalue weighted by molar-refractivity contribution is 0.0946. The van der Waals surface area contributed by atoms with Gasteiger partial charge in [-0.15, -0.1) is 11.3 Å². The monoisotopic (exact) mass is 259 g/mol. The molecule has 0 unspecified atom stereocenters. The van der Waals surface area contributed by atoms with Crippen LogP contribution < -0.4 is 5.32 Å². The maximum absolute atomic E-state index is 11.6. The molecule has 0 aliphatic rings. The minimum absolute atomic E-state index is 0.261. The number of aromatic amines is 1. The van der Waals surface area contributed by atoms with Crippen LogP contribution in [0.1, 0.15) is 15.5 Å². The second-order valence-corrected chi connectivity index (χ2v) is 4.73. The zero-order valence-corrected chi connectivity index (χ0v) is 10.1. The smallest absolute Gasteiger partial charge is 0.273 e. The molecule has 0 atom stereocenters. The van der Waals surface area contributed by atoms with Gasteiger partial charge in [-0.3, -0.25) is 4.79 Å². The molecule has 3 aromatic rings. The molecule has 0 saturated carbocycles. The Bertz CT molecular complexity index is 643. The predicted octanol–water partition coefficient (Wildman–Crippen LogP) is 1.34. The number of benzene rings is 1. The van der Waals surface area contributed by atoms with Gasteiger partial charge in [0.15, 0.2) is 5.69 Å². The van der Waals surface area contributed by atoms with Gasteiger partial charge in [-0.1, -0.05) is 12.1 Å². The van der Waals surface area contributed by atoms with Crippen LogP contribution in [0.5, 0.6) is 0 Å². The summed E-state index contributed by atoms with van der Waals surface area (Å²) in [5.41, 5.74) is 1.23. The van der Waals surface area contributed by atoms with Gasteiger partial charge in [0.05, 0.1) is 23.0 Å². The zero-order chi connectivity index (χ0) is 12.4. The van der Waals surface area contributed by atoms with E-state index in [1.165, 1.54) is 6.20 Å². The van der Waals surface area contributed by atoms with E-state index in [0.717, 1.165) is 15.2 Å². The van der Waals surface area contributed by atoms with Gasteiger partial charge in [0, 0.05) is 0 Å². The minimum Gasteiger partial charge on any atom is -0.344 e. The average molecular weight is 259 g/mol. The summed E-state index contributed by atoms with van der Waals surface area (Å²) in [6.45, 7) is 0.394. The number of nitrogens with one attached hydrogen (secondary N) is 2. The van der Waals surface area contributed by atoms with Crippen molar-refractivity contribution >= 4 is 27.5 Å². The minimum atomic E-state index is -0.261. The number of hydrogen-bond acceptors (Lipinski definition) is 5. The summed E-state index contributed by atoms with van der Waals surface area (Å²) in [6, 6.07) is 7.88. The first kappa shape index (κ1) is 10.8. The number of aromatic nitrogens is 4. The van der Waals surface area contributed by atoms with E-state index in [2.05, 4.69) is 25.7 Å². The SMILES string of the molecule is O=C(NCc1nc2ccccc2s1)c1cn[nH]n1. The Morgan fingerprint density at radius 1 is 1.39 bits per heavy atom. The third kappa shape index (κ3) is 2.07. The lowest BCUT2D eigenvalue weighted by Crippen LogP contribution is -2.23. The Balaban J connectivity index is 1.71. The molecular weight excluding hydrogens is 250 g/mol. The highest BCUT2D eigenvalue weighted by atomic mass is 32.1. The van der Waals surface area contributed by atoms with E-state index in [1.807, 2.05) is 24.3 Å². The molecular formula is C11H9N5OS. The Kier molecular flexibility index (Phi) is 2.73. The quantitative estimate of drug-likeness (QED) is 0.743. The molecule has 7 heteroatoms. The summed E-state index contributed by atoms with van der Waals surface area (Å²) in [6.07, 6.45) is 1.38. The van der Waals surface area contributed by atoms with Crippen LogP contribution in [0.25, 0.3) is 10.2 Å². The number of thiazole rings is 1. The molecule has 0 aliphatic heterocycles. The molecule has 18 heavy (non-hydrogen) atoms. The van der Waals surface area contributed by atoms with Gasteiger partial charge in [0.2, 0.25) is 0 Å². The summed E-state index contributed by atoms with van der Waals surface area (Å²) in [4.78, 5) is 16.1. The van der Waals surface area contributed by atoms with Crippen molar-refractivity contribution in [3.8, 4) is 0 Å². The van der Waals surface area contributed by atoms with Crippen molar-refractivity contribution in [1.82, 2.24) is 25.7 Å². The number of carbonyl (C=O) groups excluding carboxylic acids is 1. The van der Waals surface area contributed by atoms with Gasteiger partial charge in [0.1, 0.15) is 5.01 Å². The van der Waals surface area contributed by atoms with E-state index in [4.69, 9.17) is 0 Å². The predicted molar refractivity (Wildman–Crippen MR) is 67.2 cm³/mol. The molecule has 0 fully saturated rings. The third-order valence-electron chi connectivity index (χ3n) is 2.39. The molecule has 0 spiro atoms. The number of hydrogen-bond donors (Lipinski definition) is 2. The maximum atomic E-state index is 11.6. The number of H-pyrrole nitrogens is 1. The molecule has 2 aromatic heterocycles. The number of amides is 1. The molecule has 1 aromatic carbocycles. The third-order valence-corrected chi connectivity index (χ3v) is 3.42. The molecule has 0 saturated heterocycles. The zero-order valence-electron chi connectivity index (χ0n) is 9.25. The fraction of sp³-hybridized carbons (Fsp3) is 0.0909. The number of para-hydroxylation sites is 1. The summed E-state index contributed by atoms with van der Waals surface area (Å²) >= 11 is 1.57. The first-order chi connectivity index (χ1) is 8.83. The largest absolute Gasteiger partial charge is 0.344 e. The number of carbonyl (C=O) groups is 1. The highest BCUT2D eigenvalue weighted by Crippen LogP contribution is 2.21. The van der Waals surface area contributed by atoms with Crippen LogP contribution in [0.3, 0.4) is 0 Å². The fourth-order valence-electron chi connectivity index (χ4n) is 1.55. The Labute approximate surface area is 106 Å². The summed E-state index contributed by atoms with van der Waals surface area (Å²) in [5.74, 6) is -0.261. The van der Waals surface area contributed by atoms with Crippen molar-refractivity contribution < 1.29 is 4.79 Å². The van der Waals surface area contributed by atoms with Crippen molar-refractivity contribution in [2.45, 2.75) is 6.54 Å². The summed E-state index contributed by atoms with van der Waals surface area (Å²) in [5, 5.41) is 13.3. The van der Waals surface area contributed by atoms with Gasteiger partial charge in [-0.05, 0) is 12.1 Å². The fourth-order valence-corrected chi connectivity index (χ4v) is 2.46. The molecule has 2 heterocycles. The van der Waals surface area contributed by atoms with Gasteiger partial charge in [0.25, 0.3) is 5.91 Å². The normalized spacial score (nSPS) is 10.7. The second-order valence-electron chi connectivity index (χ2n) is 3.61. The average Bonchev–Trinajstić information content (AvgIpc) is 3.04. The van der Waals surface area contributed by atoms with Crippen molar-refractivity contribution in [2.75, 3.05) is 0 Å². The first-order valence-electron chi connectivity index (χ1n) is 5.31. The van der Waals surface area contributed by atoms with Crippen LogP contribution in [-0.2, 0) is 6.54 Å². The molecule has 6 nitrogen and oxygen atoms in total. The van der Waals surface area contributed by atoms with Crippen LogP contribution in [0.4, 0.5) is 0 Å². The van der Waals surface area contributed by atoms with Crippen LogP contribution in [-0.4, -0.2) is 26.3 Å². The van der Waals surface area contributed by atoms with E-state index in [1.54, 1.807) is 11.3 Å². The van der Waals surface area contributed by atoms with Crippen LogP contribution in [0.15, 0.2) is 30.5 Å². The standard InChI is InChI=1S/C11H9N5OS/c17-11(8-5-13-16-15-8)12-6-10-14-7-3-1-2-4-9(7)18-10/h1-5H,6H2,(H,12,17)(H,13,15,16). The molecule has 0 radical (unpaired) electrons. The van der Waals surface area contributed by atoms with Gasteiger partial charge < -0.3 is 5.32 Å². The van der Waals surface area contributed by atoms with Crippen LogP contribution in [0.2, 0.25) is 0 Å². The highest BCUT2D eigenvalue weighted by molar-refractivity contribution is 7.18. The van der Waals surface area contributed by atoms with Crippen molar-refractivity contribution in [3.05, 3.63) is 41.2 Å². The maximum Gasteiger partial charge on any atom is 0.273 e. The molecule has 2 N–H and O–H groups in total. The number of nitrogens with zero attached hydrogens (tertiary/aromatic N) is 3. The topological polar surface area (TPSA) is 83.6 Å². The lowest BCUT2D eigenvalue weighted by Gasteiger charge is -1.98. The van der Waals surface area contributed by atoms with E-state index in [-0.39, 0.29) is 11.6 Å². The van der Waals surface area contributed by atoms with Crippen LogP contribution in [0, 0.1) is 0 Å². The van der Waals surface area contributed by atoms with E-state index in [9.17, 15) is 4.79 Å². The van der Waals surface area contributed by atoms with Gasteiger partial charge in [-0.25, -0.2) is 4.98 Å². The van der Waals surface area contributed by atoms with E-state index >= 15 is 0 Å². The molecule has 3 rings (SSSR count). The summed E-state index contributed by atoms with van der Waals surface area (Å²) in [7, 11) is 0. The van der Waals surface area contributed by atoms with E-state index in [0.29, 0.717) is 6.54 Å². The van der Waals surface area contributed by atoms with Crippen molar-refractivity contribution in [3.63, 3.8) is 0 Å². The molecule has 0 aliphatic carbocycles. The Morgan fingerprint density at radius 2 is 2.28 bits per heavy atom. The Morgan fingerprint density at radius 3 is 3.06 bits per heavy atom. The lowest BCUT2D eigenvalue weighted by atomic mass is 10.3. The first-order valence-corrected chi connectivity index (χ1v) is 6.13. The number of rotatable bonds is 3. The van der Waals surface area contributed by atoms with Gasteiger partial charge in [-0.2, -0.15) is 15.4 Å². The van der Waals surface area contributed by atoms with Crippen molar-refractivity contribution in [1.29, 1.82) is 0 Å². The highest BCUT2D eigenvalue weighted by Gasteiger charge is 2.09. The van der Waals surface area contributed by atoms with E-state index < -0.39 is 0 Å². The van der Waals surface area contributed by atoms with Gasteiger partial charge >= 0.3 is 0 Å². The number of fused-ring (bicyclic) bond motifs is 1. The molecule has 0 bridgehead atoms. The summed E-state index contributed by atoms with van der Waals surface area (Å²) < 4.78 is 1.11. The van der Waals surface area contributed by atoms with Crippen molar-refractivity contribution in [2.24, 2.45) is 0 Å². The second kappa shape index (κ2) is 4.53. The molecule has 90 valence electrons.